The zero-order chi connectivity index (χ0) is 11.9. The van der Waals surface area contributed by atoms with E-state index in [0.717, 1.165) is 18.1 Å². The van der Waals surface area contributed by atoms with E-state index in [1.807, 2.05) is 12.4 Å². The van der Waals surface area contributed by atoms with Crippen LogP contribution in [0.5, 0.6) is 0 Å². The molecule has 0 saturated heterocycles. The standard InChI is InChI=1S/C13H17N3S/c1-2-3-4-6-14-13-15-8-12(9-16-13)11-5-7-17-10-11/h5,7-10H,2-4,6H2,1H3,(H,14,15,16). The van der Waals surface area contributed by atoms with Crippen molar-refractivity contribution in [3.8, 4) is 11.1 Å². The summed E-state index contributed by atoms with van der Waals surface area (Å²) in [7, 11) is 0. The molecular weight excluding hydrogens is 230 g/mol. The molecule has 0 unspecified atom stereocenters. The minimum absolute atomic E-state index is 0.722. The SMILES string of the molecule is CCCCCNc1ncc(-c2ccsc2)cn1. The highest BCUT2D eigenvalue weighted by atomic mass is 32.1. The molecule has 0 bridgehead atoms. The second kappa shape index (κ2) is 6.35. The van der Waals surface area contributed by atoms with E-state index in [1.165, 1.54) is 24.8 Å². The molecular formula is C13H17N3S. The number of hydrogen-bond donors (Lipinski definition) is 1. The number of anilines is 1. The Bertz CT molecular complexity index is 422. The Kier molecular flexibility index (Phi) is 4.50. The van der Waals surface area contributed by atoms with Gasteiger partial charge in [-0.15, -0.1) is 0 Å². The van der Waals surface area contributed by atoms with Crippen molar-refractivity contribution >= 4 is 17.3 Å². The first-order valence-corrected chi connectivity index (χ1v) is 6.93. The van der Waals surface area contributed by atoms with Gasteiger partial charge in [-0.2, -0.15) is 11.3 Å². The summed E-state index contributed by atoms with van der Waals surface area (Å²) in [6.45, 7) is 3.15. The van der Waals surface area contributed by atoms with Crippen LogP contribution < -0.4 is 5.32 Å². The smallest absolute Gasteiger partial charge is 0.222 e. The van der Waals surface area contributed by atoms with Gasteiger partial charge >= 0.3 is 0 Å². The van der Waals surface area contributed by atoms with Gasteiger partial charge < -0.3 is 5.32 Å². The van der Waals surface area contributed by atoms with Crippen LogP contribution in [0.3, 0.4) is 0 Å². The van der Waals surface area contributed by atoms with Gasteiger partial charge in [0, 0.05) is 24.5 Å². The van der Waals surface area contributed by atoms with E-state index >= 15 is 0 Å². The van der Waals surface area contributed by atoms with Gasteiger partial charge in [0.25, 0.3) is 0 Å². The average molecular weight is 247 g/mol. The summed E-state index contributed by atoms with van der Waals surface area (Å²) in [5.74, 6) is 0.722. The number of nitrogens with one attached hydrogen (secondary N) is 1. The Morgan fingerprint density at radius 3 is 2.65 bits per heavy atom. The fourth-order valence-corrected chi connectivity index (χ4v) is 2.24. The predicted molar refractivity (Wildman–Crippen MR) is 73.4 cm³/mol. The molecule has 4 heteroatoms. The number of rotatable bonds is 6. The topological polar surface area (TPSA) is 37.8 Å². The number of thiophene rings is 1. The molecule has 0 radical (unpaired) electrons. The third-order valence-corrected chi connectivity index (χ3v) is 3.25. The molecule has 0 aliphatic heterocycles. The van der Waals surface area contributed by atoms with E-state index in [-0.39, 0.29) is 0 Å². The summed E-state index contributed by atoms with van der Waals surface area (Å²) in [6.07, 6.45) is 7.40. The lowest BCUT2D eigenvalue weighted by Gasteiger charge is -2.04. The van der Waals surface area contributed by atoms with Crippen LogP contribution in [0.25, 0.3) is 11.1 Å². The van der Waals surface area contributed by atoms with Gasteiger partial charge in [0.2, 0.25) is 5.95 Å². The summed E-state index contributed by atoms with van der Waals surface area (Å²) < 4.78 is 0. The Morgan fingerprint density at radius 2 is 2.00 bits per heavy atom. The molecule has 0 spiro atoms. The van der Waals surface area contributed by atoms with Crippen LogP contribution in [-0.2, 0) is 0 Å². The zero-order valence-electron chi connectivity index (χ0n) is 10.0. The maximum Gasteiger partial charge on any atom is 0.222 e. The van der Waals surface area contributed by atoms with Gasteiger partial charge in [0.15, 0.2) is 0 Å². The van der Waals surface area contributed by atoms with Crippen molar-refractivity contribution in [2.24, 2.45) is 0 Å². The van der Waals surface area contributed by atoms with E-state index in [1.54, 1.807) is 11.3 Å². The number of nitrogens with zero attached hydrogens (tertiary/aromatic N) is 2. The first-order chi connectivity index (χ1) is 8.40. The fraction of sp³-hybridized carbons (Fsp3) is 0.385. The van der Waals surface area contributed by atoms with E-state index in [2.05, 4.69) is 39.0 Å². The highest BCUT2D eigenvalue weighted by molar-refractivity contribution is 7.08. The van der Waals surface area contributed by atoms with Gasteiger partial charge in [0.05, 0.1) is 0 Å². The lowest BCUT2D eigenvalue weighted by Crippen LogP contribution is -2.04. The van der Waals surface area contributed by atoms with Crippen LogP contribution in [0.4, 0.5) is 5.95 Å². The molecule has 0 aromatic carbocycles. The minimum atomic E-state index is 0.722. The molecule has 0 saturated carbocycles. The largest absolute Gasteiger partial charge is 0.354 e. The molecule has 2 aromatic heterocycles. The summed E-state index contributed by atoms with van der Waals surface area (Å²) in [4.78, 5) is 8.63. The number of aromatic nitrogens is 2. The monoisotopic (exact) mass is 247 g/mol. The van der Waals surface area contributed by atoms with Crippen molar-refractivity contribution in [3.05, 3.63) is 29.2 Å². The van der Waals surface area contributed by atoms with E-state index < -0.39 is 0 Å². The maximum atomic E-state index is 4.31. The molecule has 2 heterocycles. The lowest BCUT2D eigenvalue weighted by molar-refractivity contribution is 0.740. The second-order valence-corrected chi connectivity index (χ2v) is 4.72. The maximum absolute atomic E-state index is 4.31. The molecule has 90 valence electrons. The molecule has 3 nitrogen and oxygen atoms in total. The Balaban J connectivity index is 1.90. The summed E-state index contributed by atoms with van der Waals surface area (Å²) in [5, 5.41) is 7.40. The predicted octanol–water partition coefficient (Wildman–Crippen LogP) is 3.81. The first kappa shape index (κ1) is 12.0. The normalized spacial score (nSPS) is 10.4. The fourth-order valence-electron chi connectivity index (χ4n) is 1.57. The molecule has 2 rings (SSSR count). The van der Waals surface area contributed by atoms with Crippen LogP contribution in [0.15, 0.2) is 29.2 Å². The van der Waals surface area contributed by atoms with Crippen LogP contribution in [0, 0.1) is 0 Å². The van der Waals surface area contributed by atoms with Gasteiger partial charge in [-0.25, -0.2) is 9.97 Å². The highest BCUT2D eigenvalue weighted by Crippen LogP contribution is 2.20. The van der Waals surface area contributed by atoms with Gasteiger partial charge in [-0.1, -0.05) is 19.8 Å². The summed E-state index contributed by atoms with van der Waals surface area (Å²) in [6, 6.07) is 2.08. The lowest BCUT2D eigenvalue weighted by atomic mass is 10.2. The quantitative estimate of drug-likeness (QED) is 0.789. The molecule has 1 N–H and O–H groups in total. The minimum Gasteiger partial charge on any atom is -0.354 e. The van der Waals surface area contributed by atoms with Gasteiger partial charge in [0.1, 0.15) is 0 Å². The number of unbranched alkanes of at least 4 members (excludes halogenated alkanes) is 2. The van der Waals surface area contributed by atoms with E-state index in [0.29, 0.717) is 0 Å². The number of hydrogen-bond acceptors (Lipinski definition) is 4. The molecule has 0 amide bonds. The zero-order valence-corrected chi connectivity index (χ0v) is 10.8. The van der Waals surface area contributed by atoms with Gasteiger partial charge in [-0.05, 0) is 28.8 Å². The third kappa shape index (κ3) is 3.53. The molecule has 0 aliphatic rings. The Morgan fingerprint density at radius 1 is 1.18 bits per heavy atom. The first-order valence-electron chi connectivity index (χ1n) is 5.98. The van der Waals surface area contributed by atoms with Crippen molar-refractivity contribution < 1.29 is 0 Å². The highest BCUT2D eigenvalue weighted by Gasteiger charge is 2.00. The molecule has 0 aliphatic carbocycles. The van der Waals surface area contributed by atoms with Crippen LogP contribution in [-0.4, -0.2) is 16.5 Å². The summed E-state index contributed by atoms with van der Waals surface area (Å²) >= 11 is 1.69. The van der Waals surface area contributed by atoms with Crippen LogP contribution >= 0.6 is 11.3 Å². The van der Waals surface area contributed by atoms with E-state index in [9.17, 15) is 0 Å². The van der Waals surface area contributed by atoms with Crippen molar-refractivity contribution in [2.45, 2.75) is 26.2 Å². The van der Waals surface area contributed by atoms with Crippen LogP contribution in [0.1, 0.15) is 26.2 Å². The Labute approximate surface area is 106 Å². The van der Waals surface area contributed by atoms with Crippen molar-refractivity contribution in [1.82, 2.24) is 9.97 Å². The molecule has 17 heavy (non-hydrogen) atoms. The van der Waals surface area contributed by atoms with Crippen molar-refractivity contribution in [1.29, 1.82) is 0 Å². The van der Waals surface area contributed by atoms with Crippen molar-refractivity contribution in [3.63, 3.8) is 0 Å². The Hall–Kier alpha value is -1.42. The molecule has 0 fully saturated rings. The average Bonchev–Trinajstić information content (AvgIpc) is 2.89. The van der Waals surface area contributed by atoms with Crippen molar-refractivity contribution in [2.75, 3.05) is 11.9 Å². The molecule has 2 aromatic rings. The summed E-state index contributed by atoms with van der Waals surface area (Å²) in [5.41, 5.74) is 2.26. The van der Waals surface area contributed by atoms with E-state index in [4.69, 9.17) is 0 Å². The van der Waals surface area contributed by atoms with Crippen LogP contribution in [0.2, 0.25) is 0 Å². The second-order valence-electron chi connectivity index (χ2n) is 3.94. The van der Waals surface area contributed by atoms with Gasteiger partial charge in [-0.3, -0.25) is 0 Å². The molecule has 0 atom stereocenters. The third-order valence-electron chi connectivity index (χ3n) is 2.57.